The fraction of sp³-hybridized carbons (Fsp3) is 0.600. The molecule has 0 saturated carbocycles. The molecule has 112 valence electrons. The highest BCUT2D eigenvalue weighted by molar-refractivity contribution is 5.33. The molecule has 0 amide bonds. The molecule has 1 aliphatic rings. The van der Waals surface area contributed by atoms with Crippen LogP contribution in [0.25, 0.3) is 0 Å². The Morgan fingerprint density at radius 1 is 1.20 bits per heavy atom. The molecule has 1 aromatic carbocycles. The third kappa shape index (κ3) is 3.96. The molecule has 0 radical (unpaired) electrons. The lowest BCUT2D eigenvalue weighted by Crippen LogP contribution is -2.46. The Morgan fingerprint density at radius 3 is 2.45 bits per heavy atom. The second-order valence-corrected chi connectivity index (χ2v) is 5.48. The van der Waals surface area contributed by atoms with Crippen LogP contribution in [0.15, 0.2) is 18.2 Å². The summed E-state index contributed by atoms with van der Waals surface area (Å²) in [6.07, 6.45) is -4.93. The van der Waals surface area contributed by atoms with Gasteiger partial charge in [-0.05, 0) is 25.0 Å². The Bertz CT molecular complexity index is 451. The van der Waals surface area contributed by atoms with E-state index in [2.05, 4.69) is 5.32 Å². The number of hydrogen-bond donors (Lipinski definition) is 1. The van der Waals surface area contributed by atoms with E-state index in [9.17, 15) is 13.2 Å². The van der Waals surface area contributed by atoms with Gasteiger partial charge in [0, 0.05) is 32.2 Å². The minimum absolute atomic E-state index is 0.572. The summed E-state index contributed by atoms with van der Waals surface area (Å²) in [6, 6.07) is 5.18. The van der Waals surface area contributed by atoms with Crippen molar-refractivity contribution in [2.24, 2.45) is 0 Å². The molecule has 1 aliphatic heterocycles. The molecule has 1 N–H and O–H groups in total. The molecule has 1 heterocycles. The SMILES string of the molecule is Cc1ccc(C)c([C@@H](CC(F)(F)F)N2CCNCC2)c1. The fourth-order valence-corrected chi connectivity index (χ4v) is 2.77. The third-order valence-electron chi connectivity index (χ3n) is 3.81. The molecule has 2 rings (SSSR count). The van der Waals surface area contributed by atoms with Crippen LogP contribution in [0.3, 0.4) is 0 Å². The standard InChI is InChI=1S/C15H21F3N2/c1-11-3-4-12(2)13(9-11)14(10-15(16,17)18)20-7-5-19-6-8-20/h3-4,9,14,19H,5-8,10H2,1-2H3/t14-/m1/s1. The van der Waals surface area contributed by atoms with Crippen LogP contribution < -0.4 is 5.32 Å². The molecular weight excluding hydrogens is 265 g/mol. The third-order valence-corrected chi connectivity index (χ3v) is 3.81. The van der Waals surface area contributed by atoms with Crippen LogP contribution in [0, 0.1) is 13.8 Å². The van der Waals surface area contributed by atoms with Crippen LogP contribution in [0.5, 0.6) is 0 Å². The Kier molecular flexibility index (Phi) is 4.70. The Balaban J connectivity index is 2.31. The monoisotopic (exact) mass is 286 g/mol. The minimum atomic E-state index is -4.15. The van der Waals surface area contributed by atoms with Gasteiger partial charge < -0.3 is 5.32 Å². The maximum Gasteiger partial charge on any atom is 0.390 e. The molecule has 0 bridgehead atoms. The van der Waals surface area contributed by atoms with E-state index >= 15 is 0 Å². The Hall–Kier alpha value is -1.07. The minimum Gasteiger partial charge on any atom is -0.314 e. The molecular formula is C15H21F3N2. The van der Waals surface area contributed by atoms with Crippen molar-refractivity contribution in [2.45, 2.75) is 32.5 Å². The predicted octanol–water partition coefficient (Wildman–Crippen LogP) is 3.20. The summed E-state index contributed by atoms with van der Waals surface area (Å²) in [4.78, 5) is 1.95. The Morgan fingerprint density at radius 2 is 1.85 bits per heavy atom. The van der Waals surface area contributed by atoms with Gasteiger partial charge >= 0.3 is 6.18 Å². The van der Waals surface area contributed by atoms with Gasteiger partial charge in [0.05, 0.1) is 6.42 Å². The molecule has 0 aromatic heterocycles. The summed E-state index contributed by atoms with van der Waals surface area (Å²) in [5, 5.41) is 3.19. The van der Waals surface area contributed by atoms with Crippen molar-refractivity contribution in [3.05, 3.63) is 34.9 Å². The molecule has 1 fully saturated rings. The van der Waals surface area contributed by atoms with Crippen molar-refractivity contribution in [1.29, 1.82) is 0 Å². The average molecular weight is 286 g/mol. The summed E-state index contributed by atoms with van der Waals surface area (Å²) in [5.41, 5.74) is 2.75. The van der Waals surface area contributed by atoms with Crippen molar-refractivity contribution >= 4 is 0 Å². The summed E-state index contributed by atoms with van der Waals surface area (Å²) in [5.74, 6) is 0. The second-order valence-electron chi connectivity index (χ2n) is 5.48. The number of alkyl halides is 3. The molecule has 20 heavy (non-hydrogen) atoms. The molecule has 0 unspecified atom stereocenters. The lowest BCUT2D eigenvalue weighted by Gasteiger charge is -2.36. The molecule has 5 heteroatoms. The topological polar surface area (TPSA) is 15.3 Å². The molecule has 1 saturated heterocycles. The van der Waals surface area contributed by atoms with Crippen LogP contribution in [-0.4, -0.2) is 37.3 Å². The maximum absolute atomic E-state index is 12.9. The number of benzene rings is 1. The van der Waals surface area contributed by atoms with Gasteiger partial charge in [0.25, 0.3) is 0 Å². The highest BCUT2D eigenvalue weighted by Crippen LogP contribution is 2.35. The largest absolute Gasteiger partial charge is 0.390 e. The number of nitrogens with zero attached hydrogens (tertiary/aromatic N) is 1. The van der Waals surface area contributed by atoms with Gasteiger partial charge in [-0.3, -0.25) is 4.90 Å². The summed E-state index contributed by atoms with van der Waals surface area (Å²) in [6.45, 7) is 6.63. The maximum atomic E-state index is 12.9. The molecule has 0 spiro atoms. The van der Waals surface area contributed by atoms with Gasteiger partial charge in [0.15, 0.2) is 0 Å². The lowest BCUT2D eigenvalue weighted by atomic mass is 9.95. The van der Waals surface area contributed by atoms with E-state index in [1.54, 1.807) is 0 Å². The molecule has 2 nitrogen and oxygen atoms in total. The fourth-order valence-electron chi connectivity index (χ4n) is 2.77. The van der Waals surface area contributed by atoms with Gasteiger partial charge in [0.1, 0.15) is 0 Å². The van der Waals surface area contributed by atoms with Crippen molar-refractivity contribution < 1.29 is 13.2 Å². The van der Waals surface area contributed by atoms with Crippen molar-refractivity contribution in [2.75, 3.05) is 26.2 Å². The normalized spacial score (nSPS) is 19.1. The Labute approximate surface area is 118 Å². The number of aryl methyl sites for hydroxylation is 2. The first-order valence-electron chi connectivity index (χ1n) is 6.95. The first kappa shape index (κ1) is 15.3. The van der Waals surface area contributed by atoms with E-state index in [4.69, 9.17) is 0 Å². The average Bonchev–Trinajstić information content (AvgIpc) is 2.39. The van der Waals surface area contributed by atoms with Crippen LogP contribution in [0.2, 0.25) is 0 Å². The lowest BCUT2D eigenvalue weighted by molar-refractivity contribution is -0.148. The smallest absolute Gasteiger partial charge is 0.314 e. The van der Waals surface area contributed by atoms with Crippen LogP contribution in [-0.2, 0) is 0 Å². The van der Waals surface area contributed by atoms with Crippen molar-refractivity contribution in [1.82, 2.24) is 10.2 Å². The number of halogens is 3. The summed E-state index contributed by atoms with van der Waals surface area (Å²) >= 11 is 0. The summed E-state index contributed by atoms with van der Waals surface area (Å²) < 4.78 is 38.8. The van der Waals surface area contributed by atoms with E-state index in [0.717, 1.165) is 29.8 Å². The van der Waals surface area contributed by atoms with Gasteiger partial charge in [-0.25, -0.2) is 0 Å². The van der Waals surface area contributed by atoms with Gasteiger partial charge in [0.2, 0.25) is 0 Å². The molecule has 0 aliphatic carbocycles. The number of hydrogen-bond acceptors (Lipinski definition) is 2. The zero-order valence-corrected chi connectivity index (χ0v) is 11.9. The van der Waals surface area contributed by atoms with E-state index in [-0.39, 0.29) is 0 Å². The van der Waals surface area contributed by atoms with Gasteiger partial charge in [-0.15, -0.1) is 0 Å². The van der Waals surface area contributed by atoms with Crippen LogP contribution in [0.1, 0.15) is 29.2 Å². The van der Waals surface area contributed by atoms with Crippen LogP contribution in [0.4, 0.5) is 13.2 Å². The van der Waals surface area contributed by atoms with E-state index in [1.165, 1.54) is 0 Å². The number of rotatable bonds is 3. The zero-order chi connectivity index (χ0) is 14.8. The van der Waals surface area contributed by atoms with E-state index in [0.29, 0.717) is 13.1 Å². The van der Waals surface area contributed by atoms with Crippen molar-refractivity contribution in [3.63, 3.8) is 0 Å². The van der Waals surface area contributed by atoms with Gasteiger partial charge in [-0.2, -0.15) is 13.2 Å². The molecule has 1 aromatic rings. The zero-order valence-electron chi connectivity index (χ0n) is 11.9. The second kappa shape index (κ2) is 6.14. The van der Waals surface area contributed by atoms with E-state index in [1.807, 2.05) is 36.9 Å². The highest BCUT2D eigenvalue weighted by Gasteiger charge is 2.36. The first-order chi connectivity index (χ1) is 9.37. The number of piperazine rings is 1. The van der Waals surface area contributed by atoms with E-state index < -0.39 is 18.6 Å². The molecule has 1 atom stereocenters. The number of nitrogens with one attached hydrogen (secondary N) is 1. The summed E-state index contributed by atoms with van der Waals surface area (Å²) in [7, 11) is 0. The quantitative estimate of drug-likeness (QED) is 0.918. The first-order valence-corrected chi connectivity index (χ1v) is 6.95. The van der Waals surface area contributed by atoms with Crippen molar-refractivity contribution in [3.8, 4) is 0 Å². The van der Waals surface area contributed by atoms with Gasteiger partial charge in [-0.1, -0.05) is 23.8 Å². The van der Waals surface area contributed by atoms with Crippen LogP contribution >= 0.6 is 0 Å². The predicted molar refractivity (Wildman–Crippen MR) is 73.8 cm³/mol. The highest BCUT2D eigenvalue weighted by atomic mass is 19.4.